The van der Waals surface area contributed by atoms with Crippen LogP contribution in [0.5, 0.6) is 0 Å². The molecule has 0 aromatic heterocycles. The summed E-state index contributed by atoms with van der Waals surface area (Å²) in [4.78, 5) is 11.7. The van der Waals surface area contributed by atoms with Gasteiger partial charge in [-0.1, -0.05) is 48.5 Å². The molecule has 0 saturated carbocycles. The van der Waals surface area contributed by atoms with Crippen molar-refractivity contribution in [3.8, 4) is 0 Å². The molecule has 4 nitrogen and oxygen atoms in total. The fourth-order valence-corrected chi connectivity index (χ4v) is 1.93. The largest absolute Gasteiger partial charge is 0.357 e. The molecule has 2 aromatic rings. The van der Waals surface area contributed by atoms with Crippen molar-refractivity contribution >= 4 is 23.2 Å². The summed E-state index contributed by atoms with van der Waals surface area (Å²) < 4.78 is 13.4. The molecule has 0 unspecified atom stereocenters. The van der Waals surface area contributed by atoms with Gasteiger partial charge in [0.1, 0.15) is 5.82 Å². The second-order valence-electron chi connectivity index (χ2n) is 4.61. The summed E-state index contributed by atoms with van der Waals surface area (Å²) in [5.41, 5.74) is 6.44. The van der Waals surface area contributed by atoms with Gasteiger partial charge in [-0.15, -0.1) is 0 Å². The minimum Gasteiger partial charge on any atom is -0.357 e. The highest BCUT2D eigenvalue weighted by Gasteiger charge is 2.07. The summed E-state index contributed by atoms with van der Waals surface area (Å²) >= 11 is 5.05. The van der Waals surface area contributed by atoms with Crippen LogP contribution in [0, 0.1) is 5.82 Å². The molecule has 0 saturated heterocycles. The number of halogens is 1. The van der Waals surface area contributed by atoms with Gasteiger partial charge in [0, 0.05) is 6.54 Å². The smallest absolute Gasteiger partial charge is 0.242 e. The Morgan fingerprint density at radius 3 is 2.41 bits per heavy atom. The lowest BCUT2D eigenvalue weighted by Gasteiger charge is -2.11. The zero-order chi connectivity index (χ0) is 15.8. The molecule has 2 rings (SSSR count). The molecule has 114 valence electrons. The fourth-order valence-electron chi connectivity index (χ4n) is 1.81. The molecule has 22 heavy (non-hydrogen) atoms. The highest BCUT2D eigenvalue weighted by atomic mass is 32.1. The van der Waals surface area contributed by atoms with E-state index in [0.29, 0.717) is 17.2 Å². The van der Waals surface area contributed by atoms with Crippen molar-refractivity contribution in [3.05, 3.63) is 71.5 Å². The Kier molecular flexibility index (Phi) is 5.85. The standard InChI is InChI=1S/C16H16FN3OS/c17-14-9-5-4-8-13(14)10-15(21)19-20-16(22)18-11-12-6-2-1-3-7-12/h1-9H,10-11H2,(H,19,21)(H2,18,20,22). The van der Waals surface area contributed by atoms with Gasteiger partial charge in [0.25, 0.3) is 0 Å². The van der Waals surface area contributed by atoms with Crippen LogP contribution in [0.1, 0.15) is 11.1 Å². The predicted octanol–water partition coefficient (Wildman–Crippen LogP) is 2.06. The lowest BCUT2D eigenvalue weighted by molar-refractivity contribution is -0.121. The number of hydrazine groups is 1. The molecule has 1 amide bonds. The second kappa shape index (κ2) is 8.09. The Bertz CT molecular complexity index is 649. The van der Waals surface area contributed by atoms with E-state index in [2.05, 4.69) is 16.2 Å². The fraction of sp³-hybridized carbons (Fsp3) is 0.125. The molecule has 0 radical (unpaired) electrons. The first-order valence-corrected chi connectivity index (χ1v) is 7.16. The minimum absolute atomic E-state index is 0.0546. The molecule has 2 aromatic carbocycles. The Hall–Kier alpha value is -2.47. The van der Waals surface area contributed by atoms with E-state index >= 15 is 0 Å². The lowest BCUT2D eigenvalue weighted by atomic mass is 10.1. The van der Waals surface area contributed by atoms with Crippen LogP contribution < -0.4 is 16.2 Å². The van der Waals surface area contributed by atoms with E-state index in [1.807, 2.05) is 30.3 Å². The average molecular weight is 317 g/mol. The first-order chi connectivity index (χ1) is 10.6. The lowest BCUT2D eigenvalue weighted by Crippen LogP contribution is -2.47. The molecule has 3 N–H and O–H groups in total. The molecule has 0 fully saturated rings. The van der Waals surface area contributed by atoms with Crippen LogP contribution in [-0.2, 0) is 17.8 Å². The summed E-state index contributed by atoms with van der Waals surface area (Å²) in [5, 5.41) is 3.26. The molecule has 0 aliphatic rings. The second-order valence-corrected chi connectivity index (χ2v) is 5.02. The van der Waals surface area contributed by atoms with Gasteiger partial charge in [-0.25, -0.2) is 4.39 Å². The maximum atomic E-state index is 13.4. The number of hydrogen-bond donors (Lipinski definition) is 3. The van der Waals surface area contributed by atoms with Crippen LogP contribution in [0.3, 0.4) is 0 Å². The van der Waals surface area contributed by atoms with E-state index < -0.39 is 5.82 Å². The van der Waals surface area contributed by atoms with E-state index in [0.717, 1.165) is 5.56 Å². The average Bonchev–Trinajstić information content (AvgIpc) is 2.54. The van der Waals surface area contributed by atoms with E-state index in [1.54, 1.807) is 18.2 Å². The Balaban J connectivity index is 1.72. The Morgan fingerprint density at radius 2 is 1.68 bits per heavy atom. The van der Waals surface area contributed by atoms with E-state index in [4.69, 9.17) is 12.2 Å². The topological polar surface area (TPSA) is 53.2 Å². The molecule has 0 aliphatic carbocycles. The first kappa shape index (κ1) is 15.9. The van der Waals surface area contributed by atoms with E-state index in [1.165, 1.54) is 6.07 Å². The SMILES string of the molecule is O=C(Cc1ccccc1F)NNC(=S)NCc1ccccc1. The van der Waals surface area contributed by atoms with Crippen LogP contribution in [0.4, 0.5) is 4.39 Å². The van der Waals surface area contributed by atoms with Crippen molar-refractivity contribution < 1.29 is 9.18 Å². The van der Waals surface area contributed by atoms with Crippen LogP contribution in [0.2, 0.25) is 0 Å². The molecule has 0 aliphatic heterocycles. The first-order valence-electron chi connectivity index (χ1n) is 6.75. The maximum absolute atomic E-state index is 13.4. The van der Waals surface area contributed by atoms with Crippen molar-refractivity contribution in [2.45, 2.75) is 13.0 Å². The molecular formula is C16H16FN3OS. The number of benzene rings is 2. The van der Waals surface area contributed by atoms with Gasteiger partial charge in [-0.05, 0) is 29.4 Å². The van der Waals surface area contributed by atoms with Crippen molar-refractivity contribution in [3.63, 3.8) is 0 Å². The highest BCUT2D eigenvalue weighted by molar-refractivity contribution is 7.80. The van der Waals surface area contributed by atoms with Crippen molar-refractivity contribution in [2.24, 2.45) is 0 Å². The predicted molar refractivity (Wildman–Crippen MR) is 87.3 cm³/mol. The summed E-state index contributed by atoms with van der Waals surface area (Å²) in [6.07, 6.45) is -0.0546. The van der Waals surface area contributed by atoms with Gasteiger partial charge in [0.15, 0.2) is 5.11 Å². The molecular weight excluding hydrogens is 301 g/mol. The Labute approximate surface area is 133 Å². The zero-order valence-electron chi connectivity index (χ0n) is 11.8. The minimum atomic E-state index is -0.401. The van der Waals surface area contributed by atoms with Gasteiger partial charge in [0.05, 0.1) is 6.42 Å². The number of amides is 1. The quantitative estimate of drug-likeness (QED) is 0.597. The third kappa shape index (κ3) is 5.14. The monoisotopic (exact) mass is 317 g/mol. The number of thiocarbonyl (C=S) groups is 1. The molecule has 0 heterocycles. The van der Waals surface area contributed by atoms with Crippen LogP contribution >= 0.6 is 12.2 Å². The van der Waals surface area contributed by atoms with Gasteiger partial charge < -0.3 is 5.32 Å². The third-order valence-corrected chi connectivity index (χ3v) is 3.17. The van der Waals surface area contributed by atoms with E-state index in [-0.39, 0.29) is 12.3 Å². The summed E-state index contributed by atoms with van der Waals surface area (Å²) in [7, 11) is 0. The normalized spacial score (nSPS) is 9.86. The summed E-state index contributed by atoms with van der Waals surface area (Å²) in [6.45, 7) is 0.551. The van der Waals surface area contributed by atoms with Crippen LogP contribution in [-0.4, -0.2) is 11.0 Å². The molecule has 6 heteroatoms. The van der Waals surface area contributed by atoms with Gasteiger partial charge in [-0.2, -0.15) is 0 Å². The number of rotatable bonds is 4. The van der Waals surface area contributed by atoms with Crippen LogP contribution in [0.15, 0.2) is 54.6 Å². The zero-order valence-corrected chi connectivity index (χ0v) is 12.6. The molecule has 0 spiro atoms. The third-order valence-electron chi connectivity index (χ3n) is 2.92. The Morgan fingerprint density at radius 1 is 1.00 bits per heavy atom. The van der Waals surface area contributed by atoms with E-state index in [9.17, 15) is 9.18 Å². The van der Waals surface area contributed by atoms with Crippen molar-refractivity contribution in [1.82, 2.24) is 16.2 Å². The highest BCUT2D eigenvalue weighted by Crippen LogP contribution is 2.06. The van der Waals surface area contributed by atoms with Crippen LogP contribution in [0.25, 0.3) is 0 Å². The molecule has 0 bridgehead atoms. The van der Waals surface area contributed by atoms with Gasteiger partial charge in [0.2, 0.25) is 5.91 Å². The van der Waals surface area contributed by atoms with Crippen molar-refractivity contribution in [2.75, 3.05) is 0 Å². The number of carbonyl (C=O) groups excluding carboxylic acids is 1. The number of nitrogens with one attached hydrogen (secondary N) is 3. The maximum Gasteiger partial charge on any atom is 0.242 e. The number of carbonyl (C=O) groups is 1. The van der Waals surface area contributed by atoms with Crippen molar-refractivity contribution in [1.29, 1.82) is 0 Å². The van der Waals surface area contributed by atoms with Gasteiger partial charge in [-0.3, -0.25) is 15.6 Å². The van der Waals surface area contributed by atoms with Gasteiger partial charge >= 0.3 is 0 Å². The summed E-state index contributed by atoms with van der Waals surface area (Å²) in [5.74, 6) is -0.767. The summed E-state index contributed by atoms with van der Waals surface area (Å²) in [6, 6.07) is 15.9. The molecule has 0 atom stereocenters. The number of hydrogen-bond acceptors (Lipinski definition) is 2.